The summed E-state index contributed by atoms with van der Waals surface area (Å²) in [5.74, 6) is 1.02. The van der Waals surface area contributed by atoms with E-state index in [1.807, 2.05) is 24.3 Å². The monoisotopic (exact) mass is 440 g/mol. The molecule has 2 aromatic carbocycles. The Balaban J connectivity index is 1.71. The van der Waals surface area contributed by atoms with Crippen molar-refractivity contribution >= 4 is 38.1 Å². The van der Waals surface area contributed by atoms with Crippen LogP contribution in [0, 0.1) is 5.41 Å². The Morgan fingerprint density at radius 1 is 1.10 bits per heavy atom. The molecule has 0 saturated heterocycles. The molecule has 0 radical (unpaired) electrons. The summed E-state index contributed by atoms with van der Waals surface area (Å²) in [6.07, 6.45) is 0.437. The largest absolute Gasteiger partial charge is 0.384 e. The number of imidazole rings is 2. The van der Waals surface area contributed by atoms with E-state index in [1.165, 1.54) is 14.1 Å². The van der Waals surface area contributed by atoms with E-state index in [1.54, 1.807) is 18.2 Å². The Morgan fingerprint density at radius 3 is 2.39 bits per heavy atom. The van der Waals surface area contributed by atoms with Crippen molar-refractivity contribution in [1.29, 1.82) is 5.41 Å². The van der Waals surface area contributed by atoms with E-state index in [9.17, 15) is 8.42 Å². The van der Waals surface area contributed by atoms with Crippen molar-refractivity contribution in [2.75, 3.05) is 20.6 Å². The maximum absolute atomic E-state index is 12.1. The highest BCUT2D eigenvalue weighted by Crippen LogP contribution is 2.28. The van der Waals surface area contributed by atoms with Gasteiger partial charge >= 0.3 is 0 Å². The van der Waals surface area contributed by atoms with Gasteiger partial charge in [-0.2, -0.15) is 12.7 Å². The van der Waals surface area contributed by atoms with E-state index < -0.39 is 10.2 Å². The third kappa shape index (κ3) is 4.29. The van der Waals surface area contributed by atoms with Crippen molar-refractivity contribution in [3.05, 3.63) is 59.7 Å². The van der Waals surface area contributed by atoms with Crippen molar-refractivity contribution in [2.24, 2.45) is 5.73 Å². The number of aromatic amines is 2. The molecular weight excluding hydrogens is 416 g/mol. The lowest BCUT2D eigenvalue weighted by atomic mass is 10.0. The van der Waals surface area contributed by atoms with Crippen molar-refractivity contribution in [3.8, 4) is 0 Å². The molecule has 0 spiro atoms. The summed E-state index contributed by atoms with van der Waals surface area (Å²) >= 11 is 0. The molecule has 4 rings (SSSR count). The normalized spacial score (nSPS) is 13.3. The first-order chi connectivity index (χ1) is 14.7. The Hall–Kier alpha value is -3.28. The van der Waals surface area contributed by atoms with Crippen LogP contribution in [0.5, 0.6) is 0 Å². The SMILES string of the molecule is CN(C)S(=O)(=O)NCCC(c1nc2ccccc2[nH]1)c1nc2ccc(C(=N)N)cc2[nH]1. The fraction of sp³-hybridized carbons (Fsp3) is 0.250. The molecule has 2 heterocycles. The number of nitrogen functional groups attached to an aromatic ring is 1. The van der Waals surface area contributed by atoms with Crippen LogP contribution in [0.1, 0.15) is 29.6 Å². The topological polar surface area (TPSA) is 157 Å². The van der Waals surface area contributed by atoms with Crippen LogP contribution < -0.4 is 10.5 Å². The van der Waals surface area contributed by atoms with Crippen LogP contribution in [0.2, 0.25) is 0 Å². The van der Waals surface area contributed by atoms with Gasteiger partial charge in [0, 0.05) is 26.2 Å². The van der Waals surface area contributed by atoms with Gasteiger partial charge in [0.1, 0.15) is 17.5 Å². The van der Waals surface area contributed by atoms with Gasteiger partial charge in [0.15, 0.2) is 0 Å². The van der Waals surface area contributed by atoms with E-state index >= 15 is 0 Å². The minimum Gasteiger partial charge on any atom is -0.384 e. The van der Waals surface area contributed by atoms with Crippen molar-refractivity contribution in [2.45, 2.75) is 12.3 Å². The van der Waals surface area contributed by atoms with Crippen LogP contribution in [-0.4, -0.2) is 59.1 Å². The second-order valence-corrected chi connectivity index (χ2v) is 9.40. The number of nitrogens with one attached hydrogen (secondary N) is 4. The van der Waals surface area contributed by atoms with Crippen LogP contribution in [0.15, 0.2) is 42.5 Å². The number of para-hydroxylation sites is 2. The summed E-state index contributed by atoms with van der Waals surface area (Å²) in [5.41, 5.74) is 9.40. The van der Waals surface area contributed by atoms with Gasteiger partial charge in [-0.05, 0) is 36.8 Å². The highest BCUT2D eigenvalue weighted by Gasteiger charge is 2.23. The molecule has 2 aromatic heterocycles. The van der Waals surface area contributed by atoms with Crippen LogP contribution >= 0.6 is 0 Å². The number of fused-ring (bicyclic) bond motifs is 2. The summed E-state index contributed by atoms with van der Waals surface area (Å²) in [4.78, 5) is 16.0. The summed E-state index contributed by atoms with van der Waals surface area (Å²) in [5, 5.41) is 7.64. The number of hydrogen-bond acceptors (Lipinski definition) is 5. The number of amidine groups is 1. The maximum Gasteiger partial charge on any atom is 0.278 e. The lowest BCUT2D eigenvalue weighted by Crippen LogP contribution is -2.36. The first-order valence-corrected chi connectivity index (χ1v) is 11.1. The van der Waals surface area contributed by atoms with E-state index in [2.05, 4.69) is 14.7 Å². The number of H-pyrrole nitrogens is 2. The lowest BCUT2D eigenvalue weighted by molar-refractivity contribution is 0.501. The van der Waals surface area contributed by atoms with Crippen LogP contribution in [0.3, 0.4) is 0 Å². The molecule has 0 bridgehead atoms. The van der Waals surface area contributed by atoms with E-state index in [0.717, 1.165) is 26.4 Å². The van der Waals surface area contributed by atoms with Crippen LogP contribution in [0.25, 0.3) is 22.1 Å². The quantitative estimate of drug-likeness (QED) is 0.208. The highest BCUT2D eigenvalue weighted by atomic mass is 32.2. The van der Waals surface area contributed by atoms with Gasteiger partial charge in [0.25, 0.3) is 10.2 Å². The van der Waals surface area contributed by atoms with Gasteiger partial charge in [-0.25, -0.2) is 14.7 Å². The predicted octanol–water partition coefficient (Wildman–Crippen LogP) is 1.64. The first-order valence-electron chi connectivity index (χ1n) is 9.70. The molecule has 11 heteroatoms. The second-order valence-electron chi connectivity index (χ2n) is 7.43. The number of nitrogens with zero attached hydrogens (tertiary/aromatic N) is 3. The average Bonchev–Trinajstić information content (AvgIpc) is 3.34. The zero-order valence-electron chi connectivity index (χ0n) is 17.2. The first kappa shape index (κ1) is 21.0. The fourth-order valence-corrected chi connectivity index (χ4v) is 4.00. The molecular formula is C20H24N8O2S. The number of rotatable bonds is 8. The molecule has 1 atom stereocenters. The van der Waals surface area contributed by atoms with Gasteiger partial charge in [0.05, 0.1) is 28.0 Å². The lowest BCUT2D eigenvalue weighted by Gasteiger charge is -2.15. The average molecular weight is 441 g/mol. The zero-order chi connectivity index (χ0) is 22.2. The summed E-state index contributed by atoms with van der Waals surface area (Å²) in [7, 11) is -0.584. The molecule has 0 amide bonds. The number of hydrogen-bond donors (Lipinski definition) is 5. The van der Waals surface area contributed by atoms with Crippen molar-refractivity contribution in [1.82, 2.24) is 29.0 Å². The van der Waals surface area contributed by atoms with Gasteiger partial charge in [0.2, 0.25) is 0 Å². The number of aromatic nitrogens is 4. The Morgan fingerprint density at radius 2 is 1.74 bits per heavy atom. The van der Waals surface area contributed by atoms with Crippen LogP contribution in [-0.2, 0) is 10.2 Å². The highest BCUT2D eigenvalue weighted by molar-refractivity contribution is 7.87. The summed E-state index contributed by atoms with van der Waals surface area (Å²) in [6, 6.07) is 13.0. The molecule has 6 N–H and O–H groups in total. The smallest absolute Gasteiger partial charge is 0.278 e. The number of nitrogens with two attached hydrogens (primary N) is 1. The minimum absolute atomic E-state index is 0.0232. The molecule has 31 heavy (non-hydrogen) atoms. The molecule has 0 aliphatic carbocycles. The molecule has 162 valence electrons. The van der Waals surface area contributed by atoms with Gasteiger partial charge in [-0.3, -0.25) is 5.41 Å². The standard InChI is InChI=1S/C20H24N8O2S/c1-28(2)31(29,30)23-10-9-13(19-24-14-5-3-4-6-15(14)25-19)20-26-16-8-7-12(18(21)22)11-17(16)27-20/h3-8,11,13,23H,9-10H2,1-2H3,(H3,21,22)(H,24,25)(H,26,27). The predicted molar refractivity (Wildman–Crippen MR) is 120 cm³/mol. The third-order valence-electron chi connectivity index (χ3n) is 5.08. The third-order valence-corrected chi connectivity index (χ3v) is 6.61. The van der Waals surface area contributed by atoms with Gasteiger partial charge in [-0.1, -0.05) is 12.1 Å². The van der Waals surface area contributed by atoms with Crippen LogP contribution in [0.4, 0.5) is 0 Å². The van der Waals surface area contributed by atoms with Gasteiger partial charge < -0.3 is 15.7 Å². The molecule has 0 fully saturated rings. The Bertz CT molecular complexity index is 1320. The summed E-state index contributed by atoms with van der Waals surface area (Å²) < 4.78 is 27.9. The Labute approximate surface area is 179 Å². The molecule has 0 saturated carbocycles. The van der Waals surface area contributed by atoms with Crippen molar-refractivity contribution < 1.29 is 8.42 Å². The zero-order valence-corrected chi connectivity index (χ0v) is 18.0. The van der Waals surface area contributed by atoms with Crippen molar-refractivity contribution in [3.63, 3.8) is 0 Å². The molecule has 4 aromatic rings. The number of benzene rings is 2. The fourth-order valence-electron chi connectivity index (χ4n) is 3.36. The second kappa shape index (κ2) is 8.10. The summed E-state index contributed by atoms with van der Waals surface area (Å²) in [6.45, 7) is 0.206. The van der Waals surface area contributed by atoms with Gasteiger partial charge in [-0.15, -0.1) is 0 Å². The maximum atomic E-state index is 12.1. The van der Waals surface area contributed by atoms with E-state index in [-0.39, 0.29) is 18.3 Å². The van der Waals surface area contributed by atoms with E-state index in [0.29, 0.717) is 23.6 Å². The van der Waals surface area contributed by atoms with E-state index in [4.69, 9.17) is 21.1 Å². The Kier molecular flexibility index (Phi) is 5.48. The molecule has 1 unspecified atom stereocenters. The minimum atomic E-state index is -3.54. The molecule has 0 aliphatic heterocycles. The molecule has 10 nitrogen and oxygen atoms in total. The molecule has 0 aliphatic rings.